The summed E-state index contributed by atoms with van der Waals surface area (Å²) in [6, 6.07) is -0.652. The molecule has 0 bridgehead atoms. The molecule has 0 aromatic heterocycles. The van der Waals surface area contributed by atoms with Crippen LogP contribution in [0.5, 0.6) is 0 Å². The summed E-state index contributed by atoms with van der Waals surface area (Å²) in [7, 11) is 0. The zero-order chi connectivity index (χ0) is 59.8. The predicted octanol–water partition coefficient (Wildman–Crippen LogP) is 25.3. The molecule has 3 N–H and O–H groups in total. The number of nitrogens with one attached hydrogen (secondary N) is 1. The highest BCUT2D eigenvalue weighted by Crippen LogP contribution is 2.18. The quantitative estimate of drug-likeness (QED) is 0.0420. The summed E-state index contributed by atoms with van der Waals surface area (Å²) in [6.07, 6.45) is 111. The molecule has 0 saturated heterocycles. The molecule has 2 atom stereocenters. The fourth-order valence-electron chi connectivity index (χ4n) is 11.0. The second-order valence-electron chi connectivity index (χ2n) is 24.6. The molecule has 0 radical (unpaired) electrons. The van der Waals surface area contributed by atoms with E-state index in [2.05, 4.69) is 116 Å². The van der Waals surface area contributed by atoms with Crippen molar-refractivity contribution in [2.75, 3.05) is 6.61 Å². The van der Waals surface area contributed by atoms with Crippen molar-refractivity contribution in [1.82, 2.24) is 5.32 Å². The number of amides is 1. The van der Waals surface area contributed by atoms with E-state index in [4.69, 9.17) is 0 Å². The maximum Gasteiger partial charge on any atom is 0.220 e. The van der Waals surface area contributed by atoms with E-state index in [1.165, 1.54) is 270 Å². The summed E-state index contributed by atoms with van der Waals surface area (Å²) in [5.74, 6) is -0.0748. The maximum absolute atomic E-state index is 12.5. The molecule has 4 heteroatoms. The van der Waals surface area contributed by atoms with Crippen LogP contribution in [0.2, 0.25) is 0 Å². The summed E-state index contributed by atoms with van der Waals surface area (Å²) < 4.78 is 0. The lowest BCUT2D eigenvalue weighted by atomic mass is 10.0. The molecule has 0 heterocycles. The van der Waals surface area contributed by atoms with Gasteiger partial charge in [-0.2, -0.15) is 0 Å². The van der Waals surface area contributed by atoms with Crippen molar-refractivity contribution in [3.8, 4) is 0 Å². The Morgan fingerprint density at radius 2 is 0.542 bits per heavy atom. The number of aliphatic hydroxyl groups excluding tert-OH is 2. The van der Waals surface area contributed by atoms with Crippen LogP contribution in [0.3, 0.4) is 0 Å². The molecular formula is C79H141NO3. The van der Waals surface area contributed by atoms with Gasteiger partial charge < -0.3 is 15.5 Å². The molecule has 4 nitrogen and oxygen atoms in total. The normalized spacial score (nSPS) is 13.3. The Morgan fingerprint density at radius 1 is 0.301 bits per heavy atom. The number of rotatable bonds is 67. The van der Waals surface area contributed by atoms with E-state index in [1.807, 2.05) is 6.08 Å². The third-order valence-electron chi connectivity index (χ3n) is 16.5. The predicted molar refractivity (Wildman–Crippen MR) is 373 cm³/mol. The van der Waals surface area contributed by atoms with E-state index in [0.29, 0.717) is 6.42 Å². The van der Waals surface area contributed by atoms with Crippen molar-refractivity contribution < 1.29 is 15.0 Å². The van der Waals surface area contributed by atoms with Gasteiger partial charge in [-0.3, -0.25) is 4.79 Å². The Bertz CT molecular complexity index is 1540. The molecule has 0 aromatic rings. The molecule has 0 rings (SSSR count). The van der Waals surface area contributed by atoms with Crippen LogP contribution < -0.4 is 5.32 Å². The highest BCUT2D eigenvalue weighted by atomic mass is 16.3. The first kappa shape index (κ1) is 80.0. The molecule has 0 aliphatic rings. The van der Waals surface area contributed by atoms with Crippen molar-refractivity contribution in [3.05, 3.63) is 109 Å². The number of allylic oxidation sites excluding steroid dienone is 17. The summed E-state index contributed by atoms with van der Waals surface area (Å²) >= 11 is 0. The SMILES string of the molecule is CC/C=C\C/C=C\C/C=C\C/C=C\C/C=C\C/C=C\CCCCCCCCCCCCCCCCCCCCCCC(=O)NC(CO)C(O)/C=C/CC/C=C/CC/C=C/CCCCCCCCCCCCCCCCCCCCCCCC. The summed E-state index contributed by atoms with van der Waals surface area (Å²) in [4.78, 5) is 12.5. The van der Waals surface area contributed by atoms with Gasteiger partial charge in [-0.15, -0.1) is 0 Å². The van der Waals surface area contributed by atoms with Crippen molar-refractivity contribution in [3.63, 3.8) is 0 Å². The minimum atomic E-state index is -0.876. The average molecular weight is 1150 g/mol. The van der Waals surface area contributed by atoms with Crippen LogP contribution in [0, 0.1) is 0 Å². The average Bonchev–Trinajstić information content (AvgIpc) is 3.51. The minimum absolute atomic E-state index is 0.0748. The number of carbonyl (C=O) groups is 1. The van der Waals surface area contributed by atoms with Crippen LogP contribution >= 0.6 is 0 Å². The van der Waals surface area contributed by atoms with E-state index >= 15 is 0 Å². The fraction of sp³-hybridized carbons (Fsp3) is 0.759. The molecule has 0 spiro atoms. The van der Waals surface area contributed by atoms with Crippen LogP contribution in [0.4, 0.5) is 0 Å². The van der Waals surface area contributed by atoms with Crippen molar-refractivity contribution >= 4 is 5.91 Å². The zero-order valence-electron chi connectivity index (χ0n) is 55.4. The van der Waals surface area contributed by atoms with E-state index in [1.54, 1.807) is 6.08 Å². The molecule has 1 amide bonds. The van der Waals surface area contributed by atoms with Crippen LogP contribution in [-0.4, -0.2) is 34.9 Å². The summed E-state index contributed by atoms with van der Waals surface area (Å²) in [5.41, 5.74) is 0. The van der Waals surface area contributed by atoms with Gasteiger partial charge in [0.25, 0.3) is 0 Å². The summed E-state index contributed by atoms with van der Waals surface area (Å²) in [6.45, 7) is 4.21. The molecule has 0 fully saturated rings. The van der Waals surface area contributed by atoms with Crippen LogP contribution in [0.15, 0.2) is 109 Å². The van der Waals surface area contributed by atoms with E-state index in [-0.39, 0.29) is 12.5 Å². The van der Waals surface area contributed by atoms with Crippen molar-refractivity contribution in [2.24, 2.45) is 0 Å². The lowest BCUT2D eigenvalue weighted by Gasteiger charge is -2.19. The first-order valence-corrected chi connectivity index (χ1v) is 36.6. The number of hydrogen-bond donors (Lipinski definition) is 3. The van der Waals surface area contributed by atoms with E-state index in [9.17, 15) is 15.0 Å². The highest BCUT2D eigenvalue weighted by molar-refractivity contribution is 5.76. The number of aliphatic hydroxyl groups is 2. The first-order valence-electron chi connectivity index (χ1n) is 36.6. The molecule has 0 aliphatic carbocycles. The van der Waals surface area contributed by atoms with Crippen LogP contribution in [0.1, 0.15) is 367 Å². The van der Waals surface area contributed by atoms with Gasteiger partial charge in [0.05, 0.1) is 18.8 Å². The van der Waals surface area contributed by atoms with Gasteiger partial charge in [-0.25, -0.2) is 0 Å². The number of unbranched alkanes of at least 4 members (excludes halogenated alkanes) is 44. The molecular weight excluding hydrogens is 1010 g/mol. The first-order chi connectivity index (χ1) is 41.2. The topological polar surface area (TPSA) is 69.6 Å². The lowest BCUT2D eigenvalue weighted by molar-refractivity contribution is -0.123. The van der Waals surface area contributed by atoms with Crippen molar-refractivity contribution in [2.45, 2.75) is 379 Å². The Balaban J connectivity index is 3.50. The van der Waals surface area contributed by atoms with Gasteiger partial charge in [-0.05, 0) is 96.3 Å². The largest absolute Gasteiger partial charge is 0.394 e. The Labute approximate surface area is 518 Å². The smallest absolute Gasteiger partial charge is 0.220 e. The van der Waals surface area contributed by atoms with Gasteiger partial charge in [-0.1, -0.05) is 374 Å². The van der Waals surface area contributed by atoms with Gasteiger partial charge >= 0.3 is 0 Å². The lowest BCUT2D eigenvalue weighted by Crippen LogP contribution is -2.45. The summed E-state index contributed by atoms with van der Waals surface area (Å²) in [5, 5.41) is 23.3. The number of carbonyl (C=O) groups excluding carboxylic acids is 1. The fourth-order valence-corrected chi connectivity index (χ4v) is 11.0. The Morgan fingerprint density at radius 3 is 0.843 bits per heavy atom. The molecule has 83 heavy (non-hydrogen) atoms. The molecule has 2 unspecified atom stereocenters. The van der Waals surface area contributed by atoms with Crippen molar-refractivity contribution in [1.29, 1.82) is 0 Å². The standard InChI is InChI=1S/C79H141NO3/c1-3-5-7-9-11-13-15-17-19-21-23-25-27-29-31-33-35-37-38-39-40-41-42-43-45-47-49-51-53-55-57-59-61-63-65-67-69-71-73-75-79(83)80-77(76-81)78(82)74-72-70-68-66-64-62-60-58-56-54-52-50-48-46-44-36-34-32-30-28-26-24-22-20-18-16-14-12-10-8-6-4-2/h5,7,11,13,17,19,23,25,29,31,35,37,56,58,64,66,72,74,77-78,81-82H,3-4,6,8-10,12,14-16,18,20-22,24,26-28,30,32-34,36,38-55,57,59-63,65,67-71,73,75-76H2,1-2H3,(H,80,83)/b7-5-,13-11-,19-17-,25-23-,31-29-,37-35-,58-56+,66-64+,74-72+. The monoisotopic (exact) mass is 1150 g/mol. The van der Waals surface area contributed by atoms with Crippen LogP contribution in [0.25, 0.3) is 0 Å². The molecule has 0 aromatic carbocycles. The van der Waals surface area contributed by atoms with Gasteiger partial charge in [0.15, 0.2) is 0 Å². The third kappa shape index (κ3) is 69.7. The second-order valence-corrected chi connectivity index (χ2v) is 24.6. The Kier molecular flexibility index (Phi) is 70.7. The molecule has 0 saturated carbocycles. The van der Waals surface area contributed by atoms with Gasteiger partial charge in [0, 0.05) is 6.42 Å². The van der Waals surface area contributed by atoms with Gasteiger partial charge in [0.1, 0.15) is 0 Å². The number of hydrogen-bond acceptors (Lipinski definition) is 3. The van der Waals surface area contributed by atoms with Crippen LogP contribution in [-0.2, 0) is 4.79 Å². The maximum atomic E-state index is 12.5. The molecule has 480 valence electrons. The molecule has 0 aliphatic heterocycles. The Hall–Kier alpha value is -2.95. The zero-order valence-corrected chi connectivity index (χ0v) is 55.4. The third-order valence-corrected chi connectivity index (χ3v) is 16.5. The highest BCUT2D eigenvalue weighted by Gasteiger charge is 2.18. The minimum Gasteiger partial charge on any atom is -0.394 e. The van der Waals surface area contributed by atoms with E-state index in [0.717, 1.165) is 77.0 Å². The van der Waals surface area contributed by atoms with E-state index < -0.39 is 12.1 Å². The second kappa shape index (κ2) is 73.3. The van der Waals surface area contributed by atoms with Gasteiger partial charge in [0.2, 0.25) is 5.91 Å².